The maximum absolute atomic E-state index is 11.6. The highest BCUT2D eigenvalue weighted by Gasteiger charge is 2.13. The zero-order valence-corrected chi connectivity index (χ0v) is 11.7. The van der Waals surface area contributed by atoms with E-state index in [9.17, 15) is 4.79 Å². The zero-order valence-electron chi connectivity index (χ0n) is 10.9. The van der Waals surface area contributed by atoms with Crippen LogP contribution in [0.3, 0.4) is 0 Å². The molecular weight excluding hydrogens is 234 g/mol. The van der Waals surface area contributed by atoms with Crippen molar-refractivity contribution in [3.63, 3.8) is 0 Å². The lowest BCUT2D eigenvalue weighted by Gasteiger charge is -2.20. The van der Waals surface area contributed by atoms with E-state index in [1.54, 1.807) is 17.5 Å². The summed E-state index contributed by atoms with van der Waals surface area (Å²) in [4.78, 5) is 15.8. The van der Waals surface area contributed by atoms with Gasteiger partial charge in [-0.2, -0.15) is 0 Å². The molecule has 1 heterocycles. The van der Waals surface area contributed by atoms with Crippen LogP contribution in [0.5, 0.6) is 0 Å². The molecule has 0 aliphatic rings. The highest BCUT2D eigenvalue weighted by atomic mass is 32.1. The average molecular weight is 255 g/mol. The summed E-state index contributed by atoms with van der Waals surface area (Å²) in [6.07, 6.45) is 1.79. The lowest BCUT2D eigenvalue weighted by Crippen LogP contribution is -2.43. The molecule has 96 valence electrons. The molecule has 0 aromatic carbocycles. The van der Waals surface area contributed by atoms with Crippen LogP contribution < -0.4 is 10.6 Å². The third kappa shape index (κ3) is 5.79. The van der Waals surface area contributed by atoms with E-state index in [1.807, 2.05) is 26.2 Å². The molecule has 0 saturated heterocycles. The van der Waals surface area contributed by atoms with Gasteiger partial charge in [0.1, 0.15) is 0 Å². The Balaban J connectivity index is 2.24. The maximum atomic E-state index is 11.6. The summed E-state index contributed by atoms with van der Waals surface area (Å²) in [7, 11) is 0. The number of nitrogens with zero attached hydrogens (tertiary/aromatic N) is 1. The van der Waals surface area contributed by atoms with Gasteiger partial charge in [-0.25, -0.2) is 4.98 Å². The van der Waals surface area contributed by atoms with E-state index in [4.69, 9.17) is 0 Å². The Kier molecular flexibility index (Phi) is 5.08. The van der Waals surface area contributed by atoms with E-state index >= 15 is 0 Å². The molecule has 1 aromatic heterocycles. The van der Waals surface area contributed by atoms with Crippen LogP contribution in [0.15, 0.2) is 11.6 Å². The molecule has 1 atom stereocenters. The number of carbonyl (C=O) groups excluding carboxylic acids is 1. The van der Waals surface area contributed by atoms with Gasteiger partial charge in [0.25, 0.3) is 0 Å². The number of rotatable bonds is 5. The molecule has 0 radical (unpaired) electrons. The minimum Gasteiger partial charge on any atom is -0.354 e. The predicted octanol–water partition coefficient (Wildman–Crippen LogP) is 1.75. The lowest BCUT2D eigenvalue weighted by molar-refractivity contribution is -0.120. The van der Waals surface area contributed by atoms with E-state index in [0.29, 0.717) is 13.1 Å². The number of nitrogens with one attached hydrogen (secondary N) is 2. The van der Waals surface area contributed by atoms with Gasteiger partial charge in [0.05, 0.1) is 11.6 Å². The number of aromatic nitrogens is 1. The third-order valence-electron chi connectivity index (χ3n) is 2.26. The summed E-state index contributed by atoms with van der Waals surface area (Å²) >= 11 is 1.62. The normalized spacial score (nSPS) is 13.4. The number of hydrogen-bond donors (Lipinski definition) is 2. The Bertz CT molecular complexity index is 343. The van der Waals surface area contributed by atoms with Crippen LogP contribution in [0.4, 0.5) is 0 Å². The predicted molar refractivity (Wildman–Crippen MR) is 71.3 cm³/mol. The van der Waals surface area contributed by atoms with Crippen LogP contribution in [-0.4, -0.2) is 29.5 Å². The molecule has 0 aliphatic carbocycles. The Labute approximate surface area is 107 Å². The van der Waals surface area contributed by atoms with Crippen molar-refractivity contribution in [2.75, 3.05) is 13.1 Å². The second-order valence-corrected chi connectivity index (χ2v) is 6.11. The standard InChI is InChI=1S/C12H21N3OS/c1-9(11-13-5-6-17-11)7-14-10(16)8-15-12(2,3)4/h5-6,9,15H,7-8H2,1-4H3,(H,14,16). The first kappa shape index (κ1) is 14.1. The molecule has 5 heteroatoms. The second kappa shape index (κ2) is 6.12. The molecule has 0 aliphatic heterocycles. The Morgan fingerprint density at radius 2 is 2.24 bits per heavy atom. The highest BCUT2D eigenvalue weighted by molar-refractivity contribution is 7.09. The van der Waals surface area contributed by atoms with Gasteiger partial charge in [0, 0.05) is 29.6 Å². The number of amides is 1. The van der Waals surface area contributed by atoms with Crippen LogP contribution in [0.25, 0.3) is 0 Å². The van der Waals surface area contributed by atoms with Crippen molar-refractivity contribution in [3.8, 4) is 0 Å². The molecule has 17 heavy (non-hydrogen) atoms. The fourth-order valence-electron chi connectivity index (χ4n) is 1.24. The van der Waals surface area contributed by atoms with Gasteiger partial charge in [-0.05, 0) is 20.8 Å². The van der Waals surface area contributed by atoms with E-state index in [2.05, 4.69) is 22.5 Å². The minimum absolute atomic E-state index is 0.0295. The molecule has 1 aromatic rings. The van der Waals surface area contributed by atoms with Gasteiger partial charge < -0.3 is 10.6 Å². The van der Waals surface area contributed by atoms with Gasteiger partial charge in [-0.15, -0.1) is 11.3 Å². The number of carbonyl (C=O) groups is 1. The molecule has 2 N–H and O–H groups in total. The first-order valence-corrected chi connectivity index (χ1v) is 6.67. The number of thiazole rings is 1. The van der Waals surface area contributed by atoms with Crippen molar-refractivity contribution >= 4 is 17.2 Å². The third-order valence-corrected chi connectivity index (χ3v) is 3.26. The quantitative estimate of drug-likeness (QED) is 0.843. The van der Waals surface area contributed by atoms with Crippen molar-refractivity contribution in [1.29, 1.82) is 0 Å². The van der Waals surface area contributed by atoms with Crippen molar-refractivity contribution in [2.45, 2.75) is 39.2 Å². The van der Waals surface area contributed by atoms with Crippen molar-refractivity contribution in [1.82, 2.24) is 15.6 Å². The second-order valence-electron chi connectivity index (χ2n) is 5.18. The van der Waals surface area contributed by atoms with Gasteiger partial charge in [0.2, 0.25) is 5.91 Å². The summed E-state index contributed by atoms with van der Waals surface area (Å²) in [5.74, 6) is 0.303. The van der Waals surface area contributed by atoms with E-state index < -0.39 is 0 Å². The van der Waals surface area contributed by atoms with Crippen LogP contribution in [0, 0.1) is 0 Å². The largest absolute Gasteiger partial charge is 0.354 e. The topological polar surface area (TPSA) is 54.0 Å². The van der Waals surface area contributed by atoms with Crippen molar-refractivity contribution in [2.24, 2.45) is 0 Å². The van der Waals surface area contributed by atoms with Crippen LogP contribution in [-0.2, 0) is 4.79 Å². The fourth-order valence-corrected chi connectivity index (χ4v) is 1.94. The zero-order chi connectivity index (χ0) is 12.9. The van der Waals surface area contributed by atoms with Crippen LogP contribution in [0.2, 0.25) is 0 Å². The van der Waals surface area contributed by atoms with Crippen molar-refractivity contribution in [3.05, 3.63) is 16.6 Å². The van der Waals surface area contributed by atoms with Gasteiger partial charge >= 0.3 is 0 Å². The van der Waals surface area contributed by atoms with Gasteiger partial charge in [-0.3, -0.25) is 4.79 Å². The molecular formula is C12H21N3OS. The molecule has 0 bridgehead atoms. The fraction of sp³-hybridized carbons (Fsp3) is 0.667. The smallest absolute Gasteiger partial charge is 0.233 e. The summed E-state index contributed by atoms with van der Waals surface area (Å²) in [5, 5.41) is 9.08. The Morgan fingerprint density at radius 1 is 1.53 bits per heavy atom. The van der Waals surface area contributed by atoms with E-state index in [0.717, 1.165) is 5.01 Å². The van der Waals surface area contributed by atoms with Gasteiger partial charge in [0.15, 0.2) is 0 Å². The SMILES string of the molecule is CC(CNC(=O)CNC(C)(C)C)c1nccs1. The minimum atomic E-state index is -0.0295. The molecule has 4 nitrogen and oxygen atoms in total. The highest BCUT2D eigenvalue weighted by Crippen LogP contribution is 2.16. The van der Waals surface area contributed by atoms with Crippen LogP contribution >= 0.6 is 11.3 Å². The first-order valence-electron chi connectivity index (χ1n) is 5.79. The maximum Gasteiger partial charge on any atom is 0.233 e. The molecule has 0 fully saturated rings. The first-order chi connectivity index (χ1) is 7.88. The molecule has 1 rings (SSSR count). The summed E-state index contributed by atoms with van der Waals surface area (Å²) in [5.41, 5.74) is -0.0295. The molecule has 0 spiro atoms. The van der Waals surface area contributed by atoms with Crippen molar-refractivity contribution < 1.29 is 4.79 Å². The van der Waals surface area contributed by atoms with E-state index in [1.165, 1.54) is 0 Å². The lowest BCUT2D eigenvalue weighted by atomic mass is 10.1. The molecule has 0 saturated carbocycles. The summed E-state index contributed by atoms with van der Waals surface area (Å²) < 4.78 is 0. The average Bonchev–Trinajstić information content (AvgIpc) is 2.75. The number of hydrogen-bond acceptors (Lipinski definition) is 4. The Morgan fingerprint density at radius 3 is 2.76 bits per heavy atom. The monoisotopic (exact) mass is 255 g/mol. The van der Waals surface area contributed by atoms with Crippen LogP contribution in [0.1, 0.15) is 38.6 Å². The molecule has 1 amide bonds. The van der Waals surface area contributed by atoms with Gasteiger partial charge in [-0.1, -0.05) is 6.92 Å². The Hall–Kier alpha value is -0.940. The molecule has 1 unspecified atom stereocenters. The summed E-state index contributed by atoms with van der Waals surface area (Å²) in [6, 6.07) is 0. The van der Waals surface area contributed by atoms with E-state index in [-0.39, 0.29) is 17.4 Å². The summed E-state index contributed by atoms with van der Waals surface area (Å²) in [6.45, 7) is 9.18.